The largest absolute Gasteiger partial charge is 0.507 e. The lowest BCUT2D eigenvalue weighted by Crippen LogP contribution is -2.32. The predicted molar refractivity (Wildman–Crippen MR) is 111 cm³/mol. The van der Waals surface area contributed by atoms with Crippen LogP contribution in [-0.4, -0.2) is 42.0 Å². The monoisotopic (exact) mass is 477 g/mol. The number of aryl methyl sites for hydroxylation is 1. The van der Waals surface area contributed by atoms with Crippen LogP contribution in [-0.2, 0) is 14.3 Å². The Labute approximate surface area is 171 Å². The molecule has 0 spiro atoms. The highest BCUT2D eigenvalue weighted by molar-refractivity contribution is 14.1. The number of halogens is 1. The second kappa shape index (κ2) is 8.22. The van der Waals surface area contributed by atoms with E-state index in [0.717, 1.165) is 14.7 Å². The van der Waals surface area contributed by atoms with Crippen molar-refractivity contribution in [2.45, 2.75) is 13.0 Å². The van der Waals surface area contributed by atoms with Crippen LogP contribution in [0.1, 0.15) is 22.7 Å². The number of hydrogen-bond acceptors (Lipinski definition) is 4. The summed E-state index contributed by atoms with van der Waals surface area (Å²) in [6.07, 6.45) is 0. The number of aliphatic hydroxyl groups excluding tert-OH is 1. The van der Waals surface area contributed by atoms with E-state index in [9.17, 15) is 14.7 Å². The van der Waals surface area contributed by atoms with Crippen molar-refractivity contribution in [2.24, 2.45) is 0 Å². The van der Waals surface area contributed by atoms with E-state index in [-0.39, 0.29) is 17.9 Å². The summed E-state index contributed by atoms with van der Waals surface area (Å²) in [5, 5.41) is 10.9. The Balaban J connectivity index is 2.14. The Morgan fingerprint density at radius 3 is 2.33 bits per heavy atom. The van der Waals surface area contributed by atoms with Gasteiger partial charge in [0.25, 0.3) is 11.7 Å². The average molecular weight is 477 g/mol. The molecule has 0 saturated carbocycles. The van der Waals surface area contributed by atoms with E-state index in [1.54, 1.807) is 19.2 Å². The van der Waals surface area contributed by atoms with Gasteiger partial charge < -0.3 is 14.7 Å². The van der Waals surface area contributed by atoms with Crippen molar-refractivity contribution in [3.8, 4) is 0 Å². The molecule has 2 aromatic rings. The number of benzene rings is 2. The first kappa shape index (κ1) is 19.6. The van der Waals surface area contributed by atoms with E-state index < -0.39 is 17.7 Å². The number of amides is 1. The summed E-state index contributed by atoms with van der Waals surface area (Å²) in [5.74, 6) is -1.45. The number of ether oxygens (including phenoxy) is 1. The highest BCUT2D eigenvalue weighted by Gasteiger charge is 2.45. The van der Waals surface area contributed by atoms with Crippen LogP contribution in [0.2, 0.25) is 0 Å². The lowest BCUT2D eigenvalue weighted by atomic mass is 9.95. The molecule has 1 aliphatic heterocycles. The van der Waals surface area contributed by atoms with Crippen molar-refractivity contribution in [1.82, 2.24) is 4.90 Å². The standard InChI is InChI=1S/C21H20INO4/c1-13-3-5-15(6-4-13)19(24)17-18(14-7-9-16(22)10-8-14)23(11-12-27-2)21(26)20(17)25/h3-10,18,24H,11-12H2,1-2H3. The van der Waals surface area contributed by atoms with Gasteiger partial charge in [-0.2, -0.15) is 0 Å². The summed E-state index contributed by atoms with van der Waals surface area (Å²) in [4.78, 5) is 26.9. The number of carbonyl (C=O) groups excluding carboxylic acids is 2. The first-order valence-electron chi connectivity index (χ1n) is 8.54. The average Bonchev–Trinajstić information content (AvgIpc) is 2.91. The van der Waals surface area contributed by atoms with E-state index in [2.05, 4.69) is 22.6 Å². The van der Waals surface area contributed by atoms with Crippen molar-refractivity contribution >= 4 is 40.0 Å². The predicted octanol–water partition coefficient (Wildman–Crippen LogP) is 3.67. The molecule has 0 aliphatic carbocycles. The minimum atomic E-state index is -0.673. The number of Topliss-reactive ketones (excluding diaryl/α,β-unsaturated/α-hetero) is 1. The molecule has 27 heavy (non-hydrogen) atoms. The van der Waals surface area contributed by atoms with Crippen molar-refractivity contribution < 1.29 is 19.4 Å². The summed E-state index contributed by atoms with van der Waals surface area (Å²) in [5.41, 5.74) is 2.45. The van der Waals surface area contributed by atoms with Crippen LogP contribution in [0.5, 0.6) is 0 Å². The number of hydrogen-bond donors (Lipinski definition) is 1. The van der Waals surface area contributed by atoms with Crippen LogP contribution in [0.15, 0.2) is 54.1 Å². The fraction of sp³-hybridized carbons (Fsp3) is 0.238. The highest BCUT2D eigenvalue weighted by Crippen LogP contribution is 2.39. The molecule has 140 valence electrons. The Kier molecular flexibility index (Phi) is 5.96. The van der Waals surface area contributed by atoms with E-state index in [4.69, 9.17) is 4.74 Å². The van der Waals surface area contributed by atoms with Crippen LogP contribution in [0, 0.1) is 10.5 Å². The molecule has 1 N–H and O–H groups in total. The lowest BCUT2D eigenvalue weighted by Gasteiger charge is -2.25. The highest BCUT2D eigenvalue weighted by atomic mass is 127. The van der Waals surface area contributed by atoms with Gasteiger partial charge in [0, 0.05) is 22.8 Å². The minimum absolute atomic E-state index is 0.112. The topological polar surface area (TPSA) is 66.8 Å². The Morgan fingerprint density at radius 1 is 1.11 bits per heavy atom. The van der Waals surface area contributed by atoms with Crippen LogP contribution in [0.25, 0.3) is 5.76 Å². The number of likely N-dealkylation sites (tertiary alicyclic amines) is 1. The second-order valence-corrected chi connectivity index (χ2v) is 7.65. The number of methoxy groups -OCH3 is 1. The fourth-order valence-electron chi connectivity index (χ4n) is 3.16. The maximum Gasteiger partial charge on any atom is 0.295 e. The Morgan fingerprint density at radius 2 is 1.74 bits per heavy atom. The molecule has 1 aliphatic rings. The van der Waals surface area contributed by atoms with Gasteiger partial charge in [-0.05, 0) is 47.2 Å². The molecule has 2 aromatic carbocycles. The van der Waals surface area contributed by atoms with Crippen LogP contribution in [0.3, 0.4) is 0 Å². The van der Waals surface area contributed by atoms with Gasteiger partial charge in [0.05, 0.1) is 18.2 Å². The van der Waals surface area contributed by atoms with E-state index in [0.29, 0.717) is 12.2 Å². The molecule has 5 nitrogen and oxygen atoms in total. The SMILES string of the molecule is COCCN1C(=O)C(=O)C(=C(O)c2ccc(C)cc2)C1c1ccc(I)cc1. The summed E-state index contributed by atoms with van der Waals surface area (Å²) in [6.45, 7) is 2.51. The molecule has 6 heteroatoms. The van der Waals surface area contributed by atoms with Gasteiger partial charge in [0.1, 0.15) is 5.76 Å². The van der Waals surface area contributed by atoms with E-state index in [1.165, 1.54) is 4.90 Å². The molecule has 0 bridgehead atoms. The van der Waals surface area contributed by atoms with Crippen molar-refractivity contribution in [3.63, 3.8) is 0 Å². The summed E-state index contributed by atoms with van der Waals surface area (Å²) < 4.78 is 6.14. The van der Waals surface area contributed by atoms with Crippen molar-refractivity contribution in [1.29, 1.82) is 0 Å². The van der Waals surface area contributed by atoms with Crippen molar-refractivity contribution in [3.05, 3.63) is 74.4 Å². The molecular formula is C21H20INO4. The molecule has 1 amide bonds. The van der Waals surface area contributed by atoms with Gasteiger partial charge in [-0.15, -0.1) is 0 Å². The Bertz CT molecular complexity index is 887. The number of rotatable bonds is 5. The zero-order valence-corrected chi connectivity index (χ0v) is 17.3. The van der Waals surface area contributed by atoms with Gasteiger partial charge in [-0.1, -0.05) is 42.0 Å². The zero-order valence-electron chi connectivity index (χ0n) is 15.1. The van der Waals surface area contributed by atoms with Gasteiger partial charge in [0.2, 0.25) is 0 Å². The molecule has 1 fully saturated rings. The smallest absolute Gasteiger partial charge is 0.295 e. The van der Waals surface area contributed by atoms with Gasteiger partial charge >= 0.3 is 0 Å². The van der Waals surface area contributed by atoms with E-state index in [1.807, 2.05) is 43.3 Å². The summed E-state index contributed by atoms with van der Waals surface area (Å²) >= 11 is 2.20. The molecule has 3 rings (SSSR count). The molecule has 1 unspecified atom stereocenters. The second-order valence-electron chi connectivity index (χ2n) is 6.40. The maximum absolute atomic E-state index is 12.8. The number of nitrogens with zero attached hydrogens (tertiary/aromatic N) is 1. The third-order valence-electron chi connectivity index (χ3n) is 4.59. The maximum atomic E-state index is 12.8. The Hall–Kier alpha value is -2.19. The third kappa shape index (κ3) is 3.91. The molecule has 1 saturated heterocycles. The number of carbonyl (C=O) groups is 2. The molecule has 1 heterocycles. The number of ketones is 1. The van der Waals surface area contributed by atoms with Gasteiger partial charge in [-0.25, -0.2) is 0 Å². The van der Waals surface area contributed by atoms with Gasteiger partial charge in [0.15, 0.2) is 0 Å². The van der Waals surface area contributed by atoms with Crippen LogP contribution < -0.4 is 0 Å². The molecule has 0 radical (unpaired) electrons. The molecule has 0 aromatic heterocycles. The van der Waals surface area contributed by atoms with E-state index >= 15 is 0 Å². The minimum Gasteiger partial charge on any atom is -0.507 e. The van der Waals surface area contributed by atoms with Crippen LogP contribution in [0.4, 0.5) is 0 Å². The first-order valence-corrected chi connectivity index (χ1v) is 9.61. The normalized spacial score (nSPS) is 18.9. The van der Waals surface area contributed by atoms with Gasteiger partial charge in [-0.3, -0.25) is 9.59 Å². The lowest BCUT2D eigenvalue weighted by molar-refractivity contribution is -0.140. The van der Waals surface area contributed by atoms with Crippen molar-refractivity contribution in [2.75, 3.05) is 20.3 Å². The summed E-state index contributed by atoms with van der Waals surface area (Å²) in [6, 6.07) is 14.2. The summed E-state index contributed by atoms with van der Waals surface area (Å²) in [7, 11) is 1.54. The fourth-order valence-corrected chi connectivity index (χ4v) is 3.52. The third-order valence-corrected chi connectivity index (χ3v) is 5.31. The molecule has 1 atom stereocenters. The first-order chi connectivity index (χ1) is 12.9. The zero-order chi connectivity index (χ0) is 19.6. The number of aliphatic hydroxyl groups is 1. The van der Waals surface area contributed by atoms with Crippen LogP contribution >= 0.6 is 22.6 Å². The molecular weight excluding hydrogens is 457 g/mol. The quantitative estimate of drug-likeness (QED) is 0.309.